The van der Waals surface area contributed by atoms with Gasteiger partial charge in [-0.1, -0.05) is 74.2 Å². The Balaban J connectivity index is 1.60. The maximum absolute atomic E-state index is 13.5. The van der Waals surface area contributed by atoms with Crippen LogP contribution in [-0.4, -0.2) is 47.8 Å². The minimum absolute atomic E-state index is 0.123. The van der Waals surface area contributed by atoms with Crippen molar-refractivity contribution in [2.75, 3.05) is 31.1 Å². The van der Waals surface area contributed by atoms with Crippen LogP contribution in [0, 0.1) is 5.92 Å². The van der Waals surface area contributed by atoms with E-state index in [4.69, 9.17) is 11.6 Å². The van der Waals surface area contributed by atoms with Crippen LogP contribution in [0.4, 0.5) is 5.69 Å². The molecule has 1 aliphatic carbocycles. The van der Waals surface area contributed by atoms with Gasteiger partial charge < -0.3 is 9.80 Å². The van der Waals surface area contributed by atoms with Crippen LogP contribution in [0.3, 0.4) is 0 Å². The number of carbonyl (C=O) groups is 2. The molecule has 194 valence electrons. The number of rotatable bonds is 7. The predicted molar refractivity (Wildman–Crippen MR) is 147 cm³/mol. The van der Waals surface area contributed by atoms with E-state index in [0.29, 0.717) is 43.4 Å². The van der Waals surface area contributed by atoms with Gasteiger partial charge in [-0.2, -0.15) is 0 Å². The van der Waals surface area contributed by atoms with Crippen LogP contribution in [0.2, 0.25) is 5.02 Å². The van der Waals surface area contributed by atoms with E-state index in [0.717, 1.165) is 50.1 Å². The number of carbonyl (C=O) groups excluding carboxylic acids is 2. The van der Waals surface area contributed by atoms with Crippen molar-refractivity contribution in [2.45, 2.75) is 71.4 Å². The lowest BCUT2D eigenvalue weighted by atomic mass is 9.82. The quantitative estimate of drug-likeness (QED) is 0.440. The fourth-order valence-electron chi connectivity index (χ4n) is 5.24. The molecule has 1 saturated carbocycles. The van der Waals surface area contributed by atoms with Crippen molar-refractivity contribution in [3.8, 4) is 0 Å². The number of anilines is 1. The van der Waals surface area contributed by atoms with Gasteiger partial charge in [-0.15, -0.1) is 0 Å². The van der Waals surface area contributed by atoms with Crippen LogP contribution in [-0.2, 0) is 22.7 Å². The maximum atomic E-state index is 13.5. The molecule has 0 atom stereocenters. The van der Waals surface area contributed by atoms with E-state index in [2.05, 4.69) is 29.2 Å². The molecule has 0 spiro atoms. The number of benzene rings is 2. The molecule has 0 saturated heterocycles. The van der Waals surface area contributed by atoms with Crippen LogP contribution in [0.5, 0.6) is 0 Å². The fourth-order valence-corrected chi connectivity index (χ4v) is 5.41. The standard InChI is InChI=1S/C30H40ClN3O2/c1-2-8-30(36)34-18-7-17-32(22-25-9-4-3-5-10-25)19-20-33(29(35)16-13-24-11-6-12-24)23-26-14-15-27(31)21-28(26)34/h3-5,9-10,14-15,21,24H,2,6-8,11-13,16-20,22-23H2,1H3. The predicted octanol–water partition coefficient (Wildman–Crippen LogP) is 6.29. The maximum Gasteiger partial charge on any atom is 0.226 e. The summed E-state index contributed by atoms with van der Waals surface area (Å²) in [7, 11) is 0. The van der Waals surface area contributed by atoms with Crippen LogP contribution in [0.15, 0.2) is 48.5 Å². The number of fused-ring (bicyclic) bond motifs is 1. The molecule has 0 aromatic heterocycles. The minimum Gasteiger partial charge on any atom is -0.337 e. The van der Waals surface area contributed by atoms with Crippen molar-refractivity contribution < 1.29 is 9.59 Å². The Hall–Kier alpha value is -2.37. The van der Waals surface area contributed by atoms with Crippen LogP contribution >= 0.6 is 11.6 Å². The first-order chi connectivity index (χ1) is 17.5. The normalized spacial score (nSPS) is 17.7. The third kappa shape index (κ3) is 7.33. The highest BCUT2D eigenvalue weighted by molar-refractivity contribution is 6.31. The number of hydrogen-bond donors (Lipinski definition) is 0. The first-order valence-electron chi connectivity index (χ1n) is 13.7. The van der Waals surface area contributed by atoms with Crippen molar-refractivity contribution >= 4 is 29.1 Å². The van der Waals surface area contributed by atoms with Gasteiger partial charge in [0.2, 0.25) is 11.8 Å². The number of amides is 2. The molecule has 36 heavy (non-hydrogen) atoms. The van der Waals surface area contributed by atoms with Crippen LogP contribution < -0.4 is 4.90 Å². The van der Waals surface area contributed by atoms with Gasteiger partial charge in [-0.05, 0) is 48.4 Å². The van der Waals surface area contributed by atoms with Crippen molar-refractivity contribution in [1.29, 1.82) is 0 Å². The molecular weight excluding hydrogens is 470 g/mol. The lowest BCUT2D eigenvalue weighted by Gasteiger charge is -2.30. The molecule has 4 rings (SSSR count). The molecule has 1 fully saturated rings. The van der Waals surface area contributed by atoms with Crippen LogP contribution in [0.25, 0.3) is 0 Å². The Morgan fingerprint density at radius 1 is 0.917 bits per heavy atom. The molecule has 6 heteroatoms. The highest BCUT2D eigenvalue weighted by Crippen LogP contribution is 2.31. The second-order valence-electron chi connectivity index (χ2n) is 10.3. The van der Waals surface area contributed by atoms with E-state index < -0.39 is 0 Å². The van der Waals surface area contributed by atoms with Gasteiger partial charge in [0.1, 0.15) is 0 Å². The smallest absolute Gasteiger partial charge is 0.226 e. The lowest BCUT2D eigenvalue weighted by Crippen LogP contribution is -2.38. The van der Waals surface area contributed by atoms with Gasteiger partial charge in [-0.25, -0.2) is 0 Å². The fraction of sp³-hybridized carbons (Fsp3) is 0.533. The van der Waals surface area contributed by atoms with Crippen molar-refractivity contribution in [1.82, 2.24) is 9.80 Å². The summed E-state index contributed by atoms with van der Waals surface area (Å²) in [5.41, 5.74) is 3.12. The Labute approximate surface area is 221 Å². The van der Waals surface area contributed by atoms with Gasteiger partial charge in [0.05, 0.1) is 5.69 Å². The van der Waals surface area contributed by atoms with E-state index >= 15 is 0 Å². The van der Waals surface area contributed by atoms with Crippen molar-refractivity contribution in [2.24, 2.45) is 5.92 Å². The molecule has 2 aromatic rings. The summed E-state index contributed by atoms with van der Waals surface area (Å²) in [6.45, 7) is 6.39. The summed E-state index contributed by atoms with van der Waals surface area (Å²) >= 11 is 6.42. The summed E-state index contributed by atoms with van der Waals surface area (Å²) in [5, 5.41) is 0.617. The summed E-state index contributed by atoms with van der Waals surface area (Å²) in [5.74, 6) is 1.05. The summed E-state index contributed by atoms with van der Waals surface area (Å²) in [4.78, 5) is 33.0. The average Bonchev–Trinajstić information content (AvgIpc) is 2.87. The van der Waals surface area contributed by atoms with Gasteiger partial charge in [0.25, 0.3) is 0 Å². The van der Waals surface area contributed by atoms with Gasteiger partial charge in [-0.3, -0.25) is 14.5 Å². The van der Waals surface area contributed by atoms with E-state index in [1.54, 1.807) is 0 Å². The molecule has 0 radical (unpaired) electrons. The number of hydrogen-bond acceptors (Lipinski definition) is 3. The molecule has 2 amide bonds. The van der Waals surface area contributed by atoms with E-state index in [9.17, 15) is 9.59 Å². The van der Waals surface area contributed by atoms with Gasteiger partial charge >= 0.3 is 0 Å². The van der Waals surface area contributed by atoms with E-state index in [1.807, 2.05) is 41.0 Å². The van der Waals surface area contributed by atoms with E-state index in [1.165, 1.54) is 24.8 Å². The molecule has 0 unspecified atom stereocenters. The van der Waals surface area contributed by atoms with Gasteiger partial charge in [0.15, 0.2) is 0 Å². The zero-order chi connectivity index (χ0) is 25.3. The first-order valence-corrected chi connectivity index (χ1v) is 14.0. The third-order valence-electron chi connectivity index (χ3n) is 7.60. The Morgan fingerprint density at radius 3 is 2.44 bits per heavy atom. The first kappa shape index (κ1) is 26.7. The third-order valence-corrected chi connectivity index (χ3v) is 7.83. The largest absolute Gasteiger partial charge is 0.337 e. The van der Waals surface area contributed by atoms with E-state index in [-0.39, 0.29) is 11.8 Å². The average molecular weight is 510 g/mol. The Bertz CT molecular complexity index is 1010. The van der Waals surface area contributed by atoms with Crippen molar-refractivity contribution in [3.05, 3.63) is 64.7 Å². The lowest BCUT2D eigenvalue weighted by molar-refractivity contribution is -0.132. The summed E-state index contributed by atoms with van der Waals surface area (Å²) < 4.78 is 0. The zero-order valence-corrected chi connectivity index (χ0v) is 22.4. The highest BCUT2D eigenvalue weighted by Gasteiger charge is 2.25. The molecule has 1 heterocycles. The second kappa shape index (κ2) is 13.3. The molecule has 2 aromatic carbocycles. The highest BCUT2D eigenvalue weighted by atomic mass is 35.5. The summed E-state index contributed by atoms with van der Waals surface area (Å²) in [6.07, 6.45) is 7.57. The van der Waals surface area contributed by atoms with Crippen LogP contribution in [0.1, 0.15) is 69.4 Å². The summed E-state index contributed by atoms with van der Waals surface area (Å²) in [6, 6.07) is 16.3. The topological polar surface area (TPSA) is 43.9 Å². The van der Waals surface area contributed by atoms with Gasteiger partial charge in [0, 0.05) is 57.1 Å². The second-order valence-corrected chi connectivity index (χ2v) is 10.8. The SMILES string of the molecule is CCCC(=O)N1CCCN(Cc2ccccc2)CCN(C(=O)CCC2CCC2)Cc2ccc(Cl)cc21. The number of halogens is 1. The molecule has 1 aliphatic heterocycles. The minimum atomic E-state index is 0.123. The monoisotopic (exact) mass is 509 g/mol. The zero-order valence-electron chi connectivity index (χ0n) is 21.6. The molecular formula is C30H40ClN3O2. The Kier molecular flexibility index (Phi) is 9.82. The molecule has 0 bridgehead atoms. The molecule has 2 aliphatic rings. The molecule has 0 N–H and O–H groups in total. The Morgan fingerprint density at radius 2 is 1.72 bits per heavy atom. The van der Waals surface area contributed by atoms with Crippen molar-refractivity contribution in [3.63, 3.8) is 0 Å². The number of nitrogens with zero attached hydrogens (tertiary/aromatic N) is 3. The molecule has 5 nitrogen and oxygen atoms in total.